The SMILES string of the molecule is CCNC(CCCS(=O)(=O)CC)Cc1cccnc1. The third kappa shape index (κ3) is 6.68. The van der Waals surface area contributed by atoms with E-state index in [0.717, 1.165) is 19.4 Å². The van der Waals surface area contributed by atoms with Gasteiger partial charge in [-0.2, -0.15) is 0 Å². The van der Waals surface area contributed by atoms with Crippen molar-refractivity contribution < 1.29 is 8.42 Å². The summed E-state index contributed by atoms with van der Waals surface area (Å²) in [6.45, 7) is 4.66. The molecular formula is C14H24N2O2S. The minimum atomic E-state index is -2.84. The number of nitrogens with one attached hydrogen (secondary N) is 1. The Bertz CT molecular complexity index is 446. The van der Waals surface area contributed by atoms with Crippen LogP contribution in [-0.2, 0) is 16.3 Å². The van der Waals surface area contributed by atoms with Crippen LogP contribution in [0.2, 0.25) is 0 Å². The zero-order chi connectivity index (χ0) is 14.1. The van der Waals surface area contributed by atoms with E-state index in [4.69, 9.17) is 0 Å². The molecule has 1 unspecified atom stereocenters. The molecule has 0 saturated heterocycles. The highest BCUT2D eigenvalue weighted by molar-refractivity contribution is 7.91. The van der Waals surface area contributed by atoms with Crippen molar-refractivity contribution in [2.45, 2.75) is 39.2 Å². The van der Waals surface area contributed by atoms with Crippen molar-refractivity contribution in [1.29, 1.82) is 0 Å². The van der Waals surface area contributed by atoms with Gasteiger partial charge in [-0.15, -0.1) is 0 Å². The first-order valence-corrected chi connectivity index (χ1v) is 8.72. The van der Waals surface area contributed by atoms with Crippen molar-refractivity contribution in [1.82, 2.24) is 10.3 Å². The highest BCUT2D eigenvalue weighted by Crippen LogP contribution is 2.08. The average molecular weight is 284 g/mol. The highest BCUT2D eigenvalue weighted by Gasteiger charge is 2.12. The number of pyridine rings is 1. The molecule has 0 aromatic carbocycles. The standard InChI is InChI=1S/C14H24N2O2S/c1-3-16-14(8-6-10-19(17,18)4-2)11-13-7-5-9-15-12-13/h5,7,9,12,14,16H,3-4,6,8,10-11H2,1-2H3. The van der Waals surface area contributed by atoms with Crippen molar-refractivity contribution in [2.75, 3.05) is 18.1 Å². The molecule has 108 valence electrons. The van der Waals surface area contributed by atoms with E-state index in [1.54, 1.807) is 13.1 Å². The third-order valence-corrected chi connectivity index (χ3v) is 4.94. The minimum absolute atomic E-state index is 0.238. The normalized spacial score (nSPS) is 13.4. The molecular weight excluding hydrogens is 260 g/mol. The summed E-state index contributed by atoms with van der Waals surface area (Å²) in [7, 11) is -2.84. The Morgan fingerprint density at radius 2 is 2.16 bits per heavy atom. The van der Waals surface area contributed by atoms with Gasteiger partial charge in [0.25, 0.3) is 0 Å². The van der Waals surface area contributed by atoms with Gasteiger partial charge in [0.2, 0.25) is 0 Å². The van der Waals surface area contributed by atoms with Gasteiger partial charge in [-0.1, -0.05) is 19.9 Å². The number of rotatable bonds is 9. The number of hydrogen-bond acceptors (Lipinski definition) is 4. The predicted molar refractivity (Wildman–Crippen MR) is 79.0 cm³/mol. The van der Waals surface area contributed by atoms with Crippen LogP contribution in [0, 0.1) is 0 Å². The van der Waals surface area contributed by atoms with Crippen molar-refractivity contribution in [2.24, 2.45) is 0 Å². The quantitative estimate of drug-likeness (QED) is 0.751. The molecule has 1 aromatic heterocycles. The van der Waals surface area contributed by atoms with Crippen LogP contribution in [0.3, 0.4) is 0 Å². The highest BCUT2D eigenvalue weighted by atomic mass is 32.2. The summed E-state index contributed by atoms with van der Waals surface area (Å²) in [5.41, 5.74) is 1.19. The number of likely N-dealkylation sites (N-methyl/N-ethyl adjacent to an activating group) is 1. The summed E-state index contributed by atoms with van der Waals surface area (Å²) in [5.74, 6) is 0.528. The Morgan fingerprint density at radius 3 is 2.74 bits per heavy atom. The van der Waals surface area contributed by atoms with Gasteiger partial charge in [0.1, 0.15) is 9.84 Å². The van der Waals surface area contributed by atoms with Crippen LogP contribution in [0.15, 0.2) is 24.5 Å². The maximum absolute atomic E-state index is 11.5. The topological polar surface area (TPSA) is 59.1 Å². The van der Waals surface area contributed by atoms with Crippen molar-refractivity contribution >= 4 is 9.84 Å². The van der Waals surface area contributed by atoms with E-state index < -0.39 is 9.84 Å². The summed E-state index contributed by atoms with van der Waals surface area (Å²) in [6.07, 6.45) is 6.12. The predicted octanol–water partition coefficient (Wildman–Crippen LogP) is 1.82. The fraction of sp³-hybridized carbons (Fsp3) is 0.643. The van der Waals surface area contributed by atoms with Gasteiger partial charge >= 0.3 is 0 Å². The molecule has 1 rings (SSSR count). The van der Waals surface area contributed by atoms with Gasteiger partial charge in [-0.05, 0) is 37.4 Å². The lowest BCUT2D eigenvalue weighted by Gasteiger charge is -2.17. The lowest BCUT2D eigenvalue weighted by molar-refractivity contribution is 0.484. The van der Waals surface area contributed by atoms with Crippen molar-refractivity contribution in [3.8, 4) is 0 Å². The van der Waals surface area contributed by atoms with Gasteiger partial charge in [0, 0.05) is 24.2 Å². The Hall–Kier alpha value is -0.940. The fourth-order valence-electron chi connectivity index (χ4n) is 2.06. The van der Waals surface area contributed by atoms with E-state index >= 15 is 0 Å². The van der Waals surface area contributed by atoms with Crippen molar-refractivity contribution in [3.63, 3.8) is 0 Å². The van der Waals surface area contributed by atoms with E-state index in [2.05, 4.69) is 23.3 Å². The fourth-order valence-corrected chi connectivity index (χ4v) is 2.96. The van der Waals surface area contributed by atoms with Crippen LogP contribution in [-0.4, -0.2) is 37.5 Å². The molecule has 4 nitrogen and oxygen atoms in total. The Kier molecular flexibility index (Phi) is 7.02. The largest absolute Gasteiger partial charge is 0.314 e. The Balaban J connectivity index is 2.45. The average Bonchev–Trinajstić information content (AvgIpc) is 2.40. The maximum Gasteiger partial charge on any atom is 0.150 e. The van der Waals surface area contributed by atoms with Crippen LogP contribution in [0.5, 0.6) is 0 Å². The molecule has 0 bridgehead atoms. The first-order chi connectivity index (χ1) is 9.07. The second kappa shape index (κ2) is 8.27. The molecule has 1 aromatic rings. The molecule has 1 heterocycles. The molecule has 1 N–H and O–H groups in total. The molecule has 0 aliphatic heterocycles. The molecule has 0 radical (unpaired) electrons. The van der Waals surface area contributed by atoms with E-state index in [9.17, 15) is 8.42 Å². The molecule has 0 saturated carbocycles. The summed E-state index contributed by atoms with van der Waals surface area (Å²) in [6, 6.07) is 4.31. The van der Waals surface area contributed by atoms with Gasteiger partial charge < -0.3 is 5.32 Å². The molecule has 5 heteroatoms. The van der Waals surface area contributed by atoms with Gasteiger partial charge in [0.15, 0.2) is 0 Å². The monoisotopic (exact) mass is 284 g/mol. The molecule has 0 fully saturated rings. The van der Waals surface area contributed by atoms with E-state index in [0.29, 0.717) is 18.2 Å². The third-order valence-electron chi connectivity index (χ3n) is 3.15. The lowest BCUT2D eigenvalue weighted by atomic mass is 10.0. The smallest absolute Gasteiger partial charge is 0.150 e. The number of nitrogens with zero attached hydrogens (tertiary/aromatic N) is 1. The van der Waals surface area contributed by atoms with Crippen LogP contribution in [0.4, 0.5) is 0 Å². The maximum atomic E-state index is 11.5. The molecule has 0 amide bonds. The van der Waals surface area contributed by atoms with Crippen LogP contribution in [0.25, 0.3) is 0 Å². The zero-order valence-electron chi connectivity index (χ0n) is 11.8. The van der Waals surface area contributed by atoms with Crippen molar-refractivity contribution in [3.05, 3.63) is 30.1 Å². The van der Waals surface area contributed by atoms with Crippen LogP contribution >= 0.6 is 0 Å². The molecule has 0 aliphatic carbocycles. The Morgan fingerprint density at radius 1 is 1.37 bits per heavy atom. The zero-order valence-corrected chi connectivity index (χ0v) is 12.6. The summed E-state index contributed by atoms with van der Waals surface area (Å²) >= 11 is 0. The minimum Gasteiger partial charge on any atom is -0.314 e. The van der Waals surface area contributed by atoms with Gasteiger partial charge in [-0.3, -0.25) is 4.98 Å². The summed E-state index contributed by atoms with van der Waals surface area (Å²) in [5, 5.41) is 3.41. The van der Waals surface area contributed by atoms with Crippen LogP contribution < -0.4 is 5.32 Å². The first-order valence-electron chi connectivity index (χ1n) is 6.90. The summed E-state index contributed by atoms with van der Waals surface area (Å²) in [4.78, 5) is 4.11. The number of aromatic nitrogens is 1. The number of hydrogen-bond donors (Lipinski definition) is 1. The lowest BCUT2D eigenvalue weighted by Crippen LogP contribution is -2.31. The van der Waals surface area contributed by atoms with E-state index in [1.807, 2.05) is 12.3 Å². The number of sulfone groups is 1. The first kappa shape index (κ1) is 16.1. The Labute approximate surface area is 116 Å². The van der Waals surface area contributed by atoms with E-state index in [-0.39, 0.29) is 5.75 Å². The second-order valence-corrected chi connectivity index (χ2v) is 7.17. The second-order valence-electron chi connectivity index (χ2n) is 4.70. The van der Waals surface area contributed by atoms with Gasteiger partial charge in [0.05, 0.1) is 5.75 Å². The molecule has 19 heavy (non-hydrogen) atoms. The van der Waals surface area contributed by atoms with E-state index in [1.165, 1.54) is 5.56 Å². The molecule has 1 atom stereocenters. The summed E-state index contributed by atoms with van der Waals surface area (Å²) < 4.78 is 22.9. The molecule has 0 aliphatic rings. The van der Waals surface area contributed by atoms with Crippen LogP contribution in [0.1, 0.15) is 32.3 Å². The molecule has 0 spiro atoms. The van der Waals surface area contributed by atoms with Gasteiger partial charge in [-0.25, -0.2) is 8.42 Å².